The van der Waals surface area contributed by atoms with Gasteiger partial charge in [-0.1, -0.05) is 13.8 Å². The van der Waals surface area contributed by atoms with Gasteiger partial charge in [-0.25, -0.2) is 4.79 Å². The number of aryl methyl sites for hydroxylation is 1. The zero-order valence-electron chi connectivity index (χ0n) is 15.7. The standard InChI is InChI=1S/C20H23NO5S/c1-4-15-11-16(20(24)25-6-3)19(27-15)21-18(23)12-26-14-9-7-13(8-10-14)17(22)5-2/h7-11H,4-6,12H2,1-3H3,(H,21,23). The highest BCUT2D eigenvalue weighted by Crippen LogP contribution is 2.29. The third-order valence-electron chi connectivity index (χ3n) is 3.75. The van der Waals surface area contributed by atoms with Crippen LogP contribution in [-0.2, 0) is 16.0 Å². The number of carbonyl (C=O) groups excluding carboxylic acids is 3. The third kappa shape index (κ3) is 5.65. The zero-order chi connectivity index (χ0) is 19.8. The van der Waals surface area contributed by atoms with Crippen LogP contribution in [-0.4, -0.2) is 30.9 Å². The topological polar surface area (TPSA) is 81.7 Å². The molecule has 144 valence electrons. The maximum absolute atomic E-state index is 12.2. The summed E-state index contributed by atoms with van der Waals surface area (Å²) in [5.41, 5.74) is 0.966. The Morgan fingerprint density at radius 1 is 1.07 bits per heavy atom. The van der Waals surface area contributed by atoms with Crippen LogP contribution >= 0.6 is 11.3 Å². The minimum absolute atomic E-state index is 0.0511. The number of Topliss-reactive ketones (excluding diaryl/α,β-unsaturated/α-hetero) is 1. The van der Waals surface area contributed by atoms with Gasteiger partial charge in [-0.2, -0.15) is 0 Å². The van der Waals surface area contributed by atoms with Gasteiger partial charge in [0.2, 0.25) is 0 Å². The molecule has 1 aromatic carbocycles. The van der Waals surface area contributed by atoms with Gasteiger partial charge >= 0.3 is 5.97 Å². The Morgan fingerprint density at radius 2 is 1.78 bits per heavy atom. The molecule has 2 aromatic rings. The van der Waals surface area contributed by atoms with Crippen LogP contribution in [0.4, 0.5) is 5.00 Å². The molecule has 0 spiro atoms. The van der Waals surface area contributed by atoms with E-state index in [1.54, 1.807) is 44.2 Å². The van der Waals surface area contributed by atoms with E-state index in [1.807, 2.05) is 6.92 Å². The van der Waals surface area contributed by atoms with Crippen LogP contribution in [0, 0.1) is 0 Å². The number of hydrogen-bond acceptors (Lipinski definition) is 6. The lowest BCUT2D eigenvalue weighted by atomic mass is 10.1. The summed E-state index contributed by atoms with van der Waals surface area (Å²) in [5, 5.41) is 3.17. The number of esters is 1. The van der Waals surface area contributed by atoms with Gasteiger partial charge in [0.05, 0.1) is 12.2 Å². The van der Waals surface area contributed by atoms with Crippen LogP contribution in [0.25, 0.3) is 0 Å². The average molecular weight is 389 g/mol. The van der Waals surface area contributed by atoms with Crippen molar-refractivity contribution in [3.8, 4) is 5.75 Å². The summed E-state index contributed by atoms with van der Waals surface area (Å²) in [7, 11) is 0. The lowest BCUT2D eigenvalue weighted by Gasteiger charge is -2.08. The molecule has 0 saturated carbocycles. The summed E-state index contributed by atoms with van der Waals surface area (Å²) in [4.78, 5) is 36.8. The molecule has 1 heterocycles. The Balaban J connectivity index is 1.98. The van der Waals surface area contributed by atoms with Gasteiger partial charge in [-0.15, -0.1) is 11.3 Å². The minimum Gasteiger partial charge on any atom is -0.484 e. The van der Waals surface area contributed by atoms with Crippen LogP contribution in [0.2, 0.25) is 0 Å². The molecule has 0 radical (unpaired) electrons. The molecule has 0 aliphatic heterocycles. The number of rotatable bonds is 9. The Morgan fingerprint density at radius 3 is 2.37 bits per heavy atom. The van der Waals surface area contributed by atoms with Crippen LogP contribution in [0.15, 0.2) is 30.3 Å². The summed E-state index contributed by atoms with van der Waals surface area (Å²) < 4.78 is 10.5. The maximum Gasteiger partial charge on any atom is 0.341 e. The Bertz CT molecular complexity index is 810. The largest absolute Gasteiger partial charge is 0.484 e. The van der Waals surface area contributed by atoms with E-state index >= 15 is 0 Å². The molecule has 6 nitrogen and oxygen atoms in total. The first-order chi connectivity index (χ1) is 13.0. The fourth-order valence-corrected chi connectivity index (χ4v) is 3.32. The molecule has 27 heavy (non-hydrogen) atoms. The van der Waals surface area contributed by atoms with Crippen molar-refractivity contribution >= 4 is 34.0 Å². The van der Waals surface area contributed by atoms with Crippen molar-refractivity contribution < 1.29 is 23.9 Å². The molecule has 0 fully saturated rings. The Kier molecular flexibility index (Phi) is 7.55. The number of nitrogens with one attached hydrogen (secondary N) is 1. The number of ketones is 1. The van der Waals surface area contributed by atoms with Crippen molar-refractivity contribution in [1.29, 1.82) is 0 Å². The minimum atomic E-state index is -0.458. The maximum atomic E-state index is 12.2. The SMILES string of the molecule is CCOC(=O)c1cc(CC)sc1NC(=O)COc1ccc(C(=O)CC)cc1. The molecule has 1 amide bonds. The number of thiophene rings is 1. The van der Waals surface area contributed by atoms with Crippen LogP contribution in [0.1, 0.15) is 52.8 Å². The highest BCUT2D eigenvalue weighted by molar-refractivity contribution is 7.16. The van der Waals surface area contributed by atoms with Gasteiger partial charge in [0, 0.05) is 16.9 Å². The fourth-order valence-electron chi connectivity index (χ4n) is 2.32. The number of carbonyl (C=O) groups is 3. The first-order valence-corrected chi connectivity index (χ1v) is 9.65. The third-order valence-corrected chi connectivity index (χ3v) is 4.94. The Hall–Kier alpha value is -2.67. The van der Waals surface area contributed by atoms with E-state index in [0.29, 0.717) is 28.3 Å². The quantitative estimate of drug-likeness (QED) is 0.516. The number of hydrogen-bond donors (Lipinski definition) is 1. The Labute approximate surface area is 162 Å². The van der Waals surface area contributed by atoms with Crippen molar-refractivity contribution in [1.82, 2.24) is 0 Å². The molecular weight excluding hydrogens is 366 g/mol. The normalized spacial score (nSPS) is 10.3. The summed E-state index contributed by atoms with van der Waals surface area (Å²) in [6, 6.07) is 8.39. The van der Waals surface area contributed by atoms with E-state index < -0.39 is 5.97 Å². The highest BCUT2D eigenvalue weighted by Gasteiger charge is 2.18. The van der Waals surface area contributed by atoms with Crippen LogP contribution < -0.4 is 10.1 Å². The summed E-state index contributed by atoms with van der Waals surface area (Å²) in [6.07, 6.45) is 1.19. The van der Waals surface area contributed by atoms with Crippen molar-refractivity contribution in [3.05, 3.63) is 46.3 Å². The summed E-state index contributed by atoms with van der Waals surface area (Å²) in [6.45, 7) is 5.57. The predicted molar refractivity (Wildman–Crippen MR) is 105 cm³/mol. The van der Waals surface area contributed by atoms with Crippen LogP contribution in [0.3, 0.4) is 0 Å². The van der Waals surface area contributed by atoms with E-state index in [4.69, 9.17) is 9.47 Å². The number of ether oxygens (including phenoxy) is 2. The second-order valence-electron chi connectivity index (χ2n) is 5.67. The smallest absolute Gasteiger partial charge is 0.341 e. The molecule has 0 unspecified atom stereocenters. The summed E-state index contributed by atoms with van der Waals surface area (Å²) >= 11 is 1.35. The fraction of sp³-hybridized carbons (Fsp3) is 0.350. The number of benzene rings is 1. The molecule has 0 saturated heterocycles. The molecule has 1 N–H and O–H groups in total. The zero-order valence-corrected chi connectivity index (χ0v) is 16.5. The summed E-state index contributed by atoms with van der Waals surface area (Å²) in [5.74, 6) is -0.293. The highest BCUT2D eigenvalue weighted by atomic mass is 32.1. The van der Waals surface area contributed by atoms with Gasteiger partial charge in [0.1, 0.15) is 10.8 Å². The molecule has 0 atom stereocenters. The molecule has 0 aliphatic carbocycles. The van der Waals surface area contributed by atoms with Gasteiger partial charge in [-0.05, 0) is 43.7 Å². The van der Waals surface area contributed by atoms with Crippen molar-refractivity contribution in [2.45, 2.75) is 33.6 Å². The second kappa shape index (κ2) is 9.87. The van der Waals surface area contributed by atoms with Crippen molar-refractivity contribution in [2.24, 2.45) is 0 Å². The number of amides is 1. The van der Waals surface area contributed by atoms with Crippen LogP contribution in [0.5, 0.6) is 5.75 Å². The molecule has 0 bridgehead atoms. The second-order valence-corrected chi connectivity index (χ2v) is 6.80. The van der Waals surface area contributed by atoms with E-state index in [2.05, 4.69) is 5.32 Å². The molecule has 7 heteroatoms. The molecule has 0 aliphatic rings. The monoisotopic (exact) mass is 389 g/mol. The lowest BCUT2D eigenvalue weighted by molar-refractivity contribution is -0.118. The molecule has 2 rings (SSSR count). The number of anilines is 1. The van der Waals surface area contributed by atoms with E-state index in [-0.39, 0.29) is 24.9 Å². The first kappa shape index (κ1) is 20.6. The van der Waals surface area contributed by atoms with Gasteiger partial charge in [0.25, 0.3) is 5.91 Å². The van der Waals surface area contributed by atoms with Crippen molar-refractivity contribution in [3.63, 3.8) is 0 Å². The van der Waals surface area contributed by atoms with E-state index in [0.717, 1.165) is 11.3 Å². The van der Waals surface area contributed by atoms with Gasteiger partial charge in [-0.3, -0.25) is 9.59 Å². The predicted octanol–water partition coefficient (Wildman–Crippen LogP) is 4.10. The average Bonchev–Trinajstić information content (AvgIpc) is 3.09. The van der Waals surface area contributed by atoms with Gasteiger partial charge < -0.3 is 14.8 Å². The molecular formula is C20H23NO5S. The van der Waals surface area contributed by atoms with Gasteiger partial charge in [0.15, 0.2) is 12.4 Å². The van der Waals surface area contributed by atoms with E-state index in [1.165, 1.54) is 11.3 Å². The van der Waals surface area contributed by atoms with Crippen molar-refractivity contribution in [2.75, 3.05) is 18.5 Å². The first-order valence-electron chi connectivity index (χ1n) is 8.84. The lowest BCUT2D eigenvalue weighted by Crippen LogP contribution is -2.21. The van der Waals surface area contributed by atoms with E-state index in [9.17, 15) is 14.4 Å². The molecule has 1 aromatic heterocycles.